The number of hydrogen-bond donors (Lipinski definition) is 1. The van der Waals surface area contributed by atoms with Gasteiger partial charge in [-0.2, -0.15) is 0 Å². The molecule has 0 spiro atoms. The molecule has 1 saturated carbocycles. The van der Waals surface area contributed by atoms with Crippen molar-refractivity contribution < 1.29 is 9.84 Å². The van der Waals surface area contributed by atoms with Gasteiger partial charge >= 0.3 is 0 Å². The summed E-state index contributed by atoms with van der Waals surface area (Å²) in [6.07, 6.45) is 10.9. The minimum absolute atomic E-state index is 0.140. The largest absolute Gasteiger partial charge is 0.396 e. The highest BCUT2D eigenvalue weighted by molar-refractivity contribution is 5.36. The Morgan fingerprint density at radius 3 is 2.84 bits per heavy atom. The van der Waals surface area contributed by atoms with Crippen LogP contribution in [0.2, 0.25) is 0 Å². The van der Waals surface area contributed by atoms with Crippen LogP contribution in [0, 0.1) is 11.3 Å². The number of benzene rings is 1. The summed E-state index contributed by atoms with van der Waals surface area (Å²) >= 11 is 0. The molecule has 0 aliphatic heterocycles. The normalized spacial score (nSPS) is 28.9. The summed E-state index contributed by atoms with van der Waals surface area (Å²) in [5.74, 6) is 1.34. The molecular formula is C23H36O2. The molecule has 3 atom stereocenters. The van der Waals surface area contributed by atoms with Gasteiger partial charge in [0, 0.05) is 19.8 Å². The van der Waals surface area contributed by atoms with E-state index in [-0.39, 0.29) is 5.41 Å². The third kappa shape index (κ3) is 4.86. The second-order valence-corrected chi connectivity index (χ2v) is 8.83. The maximum atomic E-state index is 9.62. The van der Waals surface area contributed by atoms with Gasteiger partial charge in [0.05, 0.1) is 0 Å². The summed E-state index contributed by atoms with van der Waals surface area (Å²) in [5.41, 5.74) is 4.75. The predicted octanol–water partition coefficient (Wildman–Crippen LogP) is 5.26. The van der Waals surface area contributed by atoms with Crippen molar-refractivity contribution in [2.45, 2.75) is 77.6 Å². The first-order valence-electron chi connectivity index (χ1n) is 10.4. The topological polar surface area (TPSA) is 29.5 Å². The third-order valence-electron chi connectivity index (χ3n) is 6.50. The standard InChI is InChI=1S/C23H36O2/c1-3-4-5-12-25-16-18-6-7-20-14-21(9-8-19(20)13-18)22-10-11-23(2,15-22)17-24/h8-9,14,18,22,24H,3-7,10-13,15-17H2,1-2H3/t18?,22-,23-/m0/s1. The fourth-order valence-electron chi connectivity index (χ4n) is 4.70. The Kier molecular flexibility index (Phi) is 6.57. The molecule has 1 fully saturated rings. The van der Waals surface area contributed by atoms with Crippen molar-refractivity contribution in [1.82, 2.24) is 0 Å². The molecule has 2 nitrogen and oxygen atoms in total. The fourth-order valence-corrected chi connectivity index (χ4v) is 4.70. The summed E-state index contributed by atoms with van der Waals surface area (Å²) in [6, 6.07) is 7.21. The lowest BCUT2D eigenvalue weighted by Gasteiger charge is -2.26. The molecule has 0 bridgehead atoms. The molecule has 2 aliphatic rings. The Morgan fingerprint density at radius 2 is 2.08 bits per heavy atom. The van der Waals surface area contributed by atoms with Crippen molar-refractivity contribution in [3.05, 3.63) is 34.9 Å². The molecule has 0 aromatic heterocycles. The Hall–Kier alpha value is -0.860. The highest BCUT2D eigenvalue weighted by Gasteiger charge is 2.35. The summed E-state index contributed by atoms with van der Waals surface area (Å²) in [6.45, 7) is 6.66. The molecule has 2 aliphatic carbocycles. The van der Waals surface area contributed by atoms with Crippen LogP contribution in [0.5, 0.6) is 0 Å². The van der Waals surface area contributed by atoms with Crippen LogP contribution in [-0.2, 0) is 17.6 Å². The maximum absolute atomic E-state index is 9.62. The van der Waals surface area contributed by atoms with E-state index in [0.717, 1.165) is 26.1 Å². The van der Waals surface area contributed by atoms with Crippen LogP contribution in [0.4, 0.5) is 0 Å². The van der Waals surface area contributed by atoms with Gasteiger partial charge in [-0.3, -0.25) is 0 Å². The number of aliphatic hydroxyl groups excluding tert-OH is 1. The predicted molar refractivity (Wildman–Crippen MR) is 104 cm³/mol. The van der Waals surface area contributed by atoms with Crippen LogP contribution >= 0.6 is 0 Å². The minimum Gasteiger partial charge on any atom is -0.396 e. The summed E-state index contributed by atoms with van der Waals surface area (Å²) in [7, 11) is 0. The maximum Gasteiger partial charge on any atom is 0.0497 e. The lowest BCUT2D eigenvalue weighted by Crippen LogP contribution is -2.20. The SMILES string of the molecule is CCCCCOCC1CCc2cc([C@H]3CC[C@](C)(CO)C3)ccc2C1. The zero-order valence-electron chi connectivity index (χ0n) is 16.2. The van der Waals surface area contributed by atoms with Gasteiger partial charge in [0.15, 0.2) is 0 Å². The van der Waals surface area contributed by atoms with Crippen LogP contribution in [0.1, 0.15) is 81.4 Å². The number of hydrogen-bond acceptors (Lipinski definition) is 2. The quantitative estimate of drug-likeness (QED) is 0.651. The van der Waals surface area contributed by atoms with Crippen molar-refractivity contribution in [1.29, 1.82) is 0 Å². The van der Waals surface area contributed by atoms with Crippen LogP contribution in [0.25, 0.3) is 0 Å². The molecule has 1 aromatic carbocycles. The van der Waals surface area contributed by atoms with E-state index >= 15 is 0 Å². The second-order valence-electron chi connectivity index (χ2n) is 8.83. The van der Waals surface area contributed by atoms with Gasteiger partial charge in [0.25, 0.3) is 0 Å². The summed E-state index contributed by atoms with van der Waals surface area (Å²) < 4.78 is 5.91. The van der Waals surface area contributed by atoms with Gasteiger partial charge in [0.1, 0.15) is 0 Å². The van der Waals surface area contributed by atoms with E-state index in [0.29, 0.717) is 18.4 Å². The number of ether oxygens (including phenoxy) is 1. The Morgan fingerprint density at radius 1 is 1.20 bits per heavy atom. The average molecular weight is 345 g/mol. The zero-order valence-corrected chi connectivity index (χ0v) is 16.2. The van der Waals surface area contributed by atoms with Crippen molar-refractivity contribution in [3.8, 4) is 0 Å². The van der Waals surface area contributed by atoms with E-state index in [2.05, 4.69) is 32.0 Å². The van der Waals surface area contributed by atoms with Crippen molar-refractivity contribution in [2.75, 3.05) is 19.8 Å². The first kappa shape index (κ1) is 18.9. The molecule has 0 amide bonds. The molecule has 140 valence electrons. The molecule has 2 heteroatoms. The molecular weight excluding hydrogens is 308 g/mol. The minimum atomic E-state index is 0.140. The van der Waals surface area contributed by atoms with Gasteiger partial charge < -0.3 is 9.84 Å². The molecule has 0 radical (unpaired) electrons. The first-order chi connectivity index (χ1) is 12.1. The van der Waals surface area contributed by atoms with Crippen LogP contribution in [0.15, 0.2) is 18.2 Å². The molecule has 1 unspecified atom stereocenters. The van der Waals surface area contributed by atoms with Crippen molar-refractivity contribution in [3.63, 3.8) is 0 Å². The van der Waals surface area contributed by atoms with Crippen molar-refractivity contribution in [2.24, 2.45) is 11.3 Å². The van der Waals surface area contributed by atoms with Crippen LogP contribution in [-0.4, -0.2) is 24.9 Å². The highest BCUT2D eigenvalue weighted by Crippen LogP contribution is 2.46. The molecule has 0 heterocycles. The molecule has 1 N–H and O–H groups in total. The number of rotatable bonds is 8. The first-order valence-corrected chi connectivity index (χ1v) is 10.4. The van der Waals surface area contributed by atoms with Gasteiger partial charge in [-0.15, -0.1) is 0 Å². The Bertz CT molecular complexity index is 553. The van der Waals surface area contributed by atoms with Gasteiger partial charge in [-0.05, 0) is 78.9 Å². The van der Waals surface area contributed by atoms with E-state index in [1.54, 1.807) is 11.1 Å². The lowest BCUT2D eigenvalue weighted by atomic mass is 9.81. The van der Waals surface area contributed by atoms with E-state index in [9.17, 15) is 5.11 Å². The van der Waals surface area contributed by atoms with E-state index in [1.165, 1.54) is 50.5 Å². The van der Waals surface area contributed by atoms with E-state index < -0.39 is 0 Å². The number of fused-ring (bicyclic) bond motifs is 1. The third-order valence-corrected chi connectivity index (χ3v) is 6.50. The van der Waals surface area contributed by atoms with Crippen LogP contribution in [0.3, 0.4) is 0 Å². The molecule has 1 aromatic rings. The van der Waals surface area contributed by atoms with E-state index in [1.807, 2.05) is 0 Å². The number of unbranched alkanes of at least 4 members (excludes halogenated alkanes) is 2. The molecule has 3 rings (SSSR count). The number of aryl methyl sites for hydroxylation is 1. The van der Waals surface area contributed by atoms with Gasteiger partial charge in [0.2, 0.25) is 0 Å². The smallest absolute Gasteiger partial charge is 0.0497 e. The fraction of sp³-hybridized carbons (Fsp3) is 0.739. The average Bonchev–Trinajstić information content (AvgIpc) is 3.04. The Labute approximate surface area is 154 Å². The summed E-state index contributed by atoms with van der Waals surface area (Å²) in [4.78, 5) is 0. The summed E-state index contributed by atoms with van der Waals surface area (Å²) in [5, 5.41) is 9.62. The Balaban J connectivity index is 1.53. The van der Waals surface area contributed by atoms with Crippen molar-refractivity contribution >= 4 is 0 Å². The van der Waals surface area contributed by atoms with Gasteiger partial charge in [-0.25, -0.2) is 0 Å². The monoisotopic (exact) mass is 344 g/mol. The number of aliphatic hydroxyl groups is 1. The van der Waals surface area contributed by atoms with Crippen LogP contribution < -0.4 is 0 Å². The molecule has 25 heavy (non-hydrogen) atoms. The lowest BCUT2D eigenvalue weighted by molar-refractivity contribution is 0.0914. The van der Waals surface area contributed by atoms with E-state index in [4.69, 9.17) is 4.74 Å². The highest BCUT2D eigenvalue weighted by atomic mass is 16.5. The zero-order chi connectivity index (χ0) is 17.7. The molecule has 0 saturated heterocycles. The second kappa shape index (κ2) is 8.68. The van der Waals surface area contributed by atoms with Gasteiger partial charge in [-0.1, -0.05) is 44.9 Å².